The molecule has 5 unspecified atom stereocenters. The quantitative estimate of drug-likeness (QED) is 0.108. The van der Waals surface area contributed by atoms with Crippen LogP contribution in [-0.2, 0) is 57.3 Å². The van der Waals surface area contributed by atoms with Crippen molar-refractivity contribution in [1.29, 1.82) is 0 Å². The Balaban J connectivity index is 0.738. The summed E-state index contributed by atoms with van der Waals surface area (Å²) in [5.41, 5.74) is -8.52. The van der Waals surface area contributed by atoms with Crippen molar-refractivity contribution >= 4 is 47.0 Å². The molecule has 0 spiro atoms. The molecule has 0 saturated heterocycles. The van der Waals surface area contributed by atoms with E-state index in [1.165, 1.54) is 24.3 Å². The molecule has 0 aliphatic heterocycles. The highest BCUT2D eigenvalue weighted by atomic mass is 19.1. The maximum absolute atomic E-state index is 17.5. The number of esters is 4. The lowest BCUT2D eigenvalue weighted by atomic mass is 9.44. The van der Waals surface area contributed by atoms with Crippen LogP contribution in [0.1, 0.15) is 118 Å². The predicted molar refractivity (Wildman–Crippen MR) is 238 cm³/mol. The summed E-state index contributed by atoms with van der Waals surface area (Å²) in [6, 6.07) is 0. The highest BCUT2D eigenvalue weighted by Gasteiger charge is 2.76. The Kier molecular flexibility index (Phi) is 13.1. The number of alkyl halides is 1. The fourth-order valence-electron chi connectivity index (χ4n) is 15.3. The maximum Gasteiger partial charge on any atom is 0.309 e. The van der Waals surface area contributed by atoms with Gasteiger partial charge in [-0.2, -0.15) is 0 Å². The molecule has 16 nitrogen and oxygen atoms in total. The van der Waals surface area contributed by atoms with Crippen LogP contribution in [0.15, 0.2) is 47.6 Å². The van der Waals surface area contributed by atoms with E-state index in [1.807, 2.05) is 13.0 Å². The summed E-state index contributed by atoms with van der Waals surface area (Å²) in [6.45, 7) is 6.42. The van der Waals surface area contributed by atoms with E-state index >= 15 is 4.39 Å². The number of ether oxygens (including phenoxy) is 4. The second-order valence-corrected chi connectivity index (χ2v) is 22.1. The van der Waals surface area contributed by atoms with Crippen molar-refractivity contribution in [3.8, 4) is 0 Å². The molecule has 0 aromatic carbocycles. The Labute approximate surface area is 400 Å². The summed E-state index contributed by atoms with van der Waals surface area (Å²) in [4.78, 5) is 101. The van der Waals surface area contributed by atoms with Crippen molar-refractivity contribution in [2.75, 3.05) is 20.0 Å². The zero-order valence-corrected chi connectivity index (χ0v) is 40.0. The highest BCUT2D eigenvalue weighted by molar-refractivity contribution is 6.02. The molecule has 8 aliphatic rings. The molecule has 69 heavy (non-hydrogen) atoms. The number of Topliss-reactive ketones (excluding diaryl/α,β-unsaturated/α-hetero) is 2. The van der Waals surface area contributed by atoms with Crippen LogP contribution in [0.5, 0.6) is 0 Å². The Morgan fingerprint density at radius 3 is 1.86 bits per heavy atom. The number of allylic oxidation sites excluding steroid dienone is 8. The molecule has 0 bridgehead atoms. The number of carbonyl (C=O) groups excluding carboxylic acids is 8. The first-order valence-electron chi connectivity index (χ1n) is 24.4. The van der Waals surface area contributed by atoms with Crippen LogP contribution < -0.4 is 0 Å². The molecule has 0 aromatic rings. The molecular weight excluding hydrogens is 900 g/mol. The Bertz CT molecular complexity index is 2350. The van der Waals surface area contributed by atoms with Gasteiger partial charge >= 0.3 is 23.9 Å². The van der Waals surface area contributed by atoms with Crippen LogP contribution in [0, 0.1) is 57.2 Å². The predicted octanol–water partition coefficient (Wildman–Crippen LogP) is 4.17. The smallest absolute Gasteiger partial charge is 0.309 e. The topological polar surface area (TPSA) is 254 Å². The van der Waals surface area contributed by atoms with Crippen LogP contribution >= 0.6 is 0 Å². The van der Waals surface area contributed by atoms with Crippen LogP contribution in [0.3, 0.4) is 0 Å². The van der Waals surface area contributed by atoms with Gasteiger partial charge in [0.2, 0.25) is 18.4 Å². The number of ketones is 4. The minimum absolute atomic E-state index is 0.0107. The van der Waals surface area contributed by atoms with Crippen molar-refractivity contribution in [3.63, 3.8) is 0 Å². The van der Waals surface area contributed by atoms with Gasteiger partial charge in [-0.25, -0.2) is 4.39 Å². The molecule has 6 saturated carbocycles. The zero-order valence-electron chi connectivity index (χ0n) is 40.0. The number of aliphatic hydroxyl groups excluding tert-OH is 2. The monoisotopic (exact) mass is 964 g/mol. The van der Waals surface area contributed by atoms with Gasteiger partial charge in [-0.15, -0.1) is 0 Å². The van der Waals surface area contributed by atoms with Gasteiger partial charge < -0.3 is 39.4 Å². The van der Waals surface area contributed by atoms with Gasteiger partial charge in [0.05, 0.1) is 37.9 Å². The summed E-state index contributed by atoms with van der Waals surface area (Å²) < 4.78 is 37.5. The van der Waals surface area contributed by atoms with Crippen molar-refractivity contribution < 1.29 is 82.1 Å². The van der Waals surface area contributed by atoms with E-state index in [4.69, 9.17) is 18.9 Å². The number of aliphatic hydroxyl groups is 4. The van der Waals surface area contributed by atoms with E-state index in [9.17, 15) is 58.8 Å². The summed E-state index contributed by atoms with van der Waals surface area (Å²) >= 11 is 0. The van der Waals surface area contributed by atoms with Gasteiger partial charge in [-0.3, -0.25) is 38.4 Å². The van der Waals surface area contributed by atoms with E-state index in [0.717, 1.165) is 5.57 Å². The summed E-state index contributed by atoms with van der Waals surface area (Å²) in [6.07, 6.45) is 7.82. The average molecular weight is 965 g/mol. The van der Waals surface area contributed by atoms with Gasteiger partial charge in [0.15, 0.2) is 30.4 Å². The van der Waals surface area contributed by atoms with E-state index in [2.05, 4.69) is 0 Å². The number of fused-ring (bicyclic) bond motifs is 10. The second-order valence-electron chi connectivity index (χ2n) is 22.1. The fraction of sp³-hybridized carbons (Fsp3) is 0.692. The van der Waals surface area contributed by atoms with Gasteiger partial charge in [-0.05, 0) is 113 Å². The minimum Gasteiger partial charge on any atom is -0.458 e. The molecule has 4 N–H and O–H groups in total. The van der Waals surface area contributed by atoms with Crippen LogP contribution in [-0.4, -0.2) is 117 Å². The normalized spacial score (nSPS) is 42.5. The maximum atomic E-state index is 17.5. The number of hydrogen-bond acceptors (Lipinski definition) is 16. The molecule has 15 atom stereocenters. The molecule has 0 amide bonds. The Morgan fingerprint density at radius 2 is 1.23 bits per heavy atom. The van der Waals surface area contributed by atoms with Crippen molar-refractivity contribution in [1.82, 2.24) is 0 Å². The van der Waals surface area contributed by atoms with E-state index in [-0.39, 0.29) is 55.0 Å². The van der Waals surface area contributed by atoms with E-state index in [0.29, 0.717) is 37.7 Å². The van der Waals surface area contributed by atoms with Gasteiger partial charge in [0, 0.05) is 33.5 Å². The van der Waals surface area contributed by atoms with Crippen molar-refractivity contribution in [2.45, 2.75) is 147 Å². The van der Waals surface area contributed by atoms with Gasteiger partial charge in [0.25, 0.3) is 0 Å². The first-order valence-corrected chi connectivity index (χ1v) is 24.4. The molecule has 17 heteroatoms. The molecule has 8 aliphatic carbocycles. The number of rotatable bonds is 14. The lowest BCUT2D eigenvalue weighted by molar-refractivity contribution is -0.220. The van der Waals surface area contributed by atoms with E-state index < -0.39 is 150 Å². The van der Waals surface area contributed by atoms with Crippen LogP contribution in [0.25, 0.3) is 0 Å². The third-order valence-electron chi connectivity index (χ3n) is 19.0. The average Bonchev–Trinajstić information content (AvgIpc) is 3.68. The first-order chi connectivity index (χ1) is 32.3. The highest BCUT2D eigenvalue weighted by Crippen LogP contribution is 2.71. The SMILES string of the molecule is C[C@@H]1CC2C3CCC4=CC(=O)C=C[C@]4(C)[C@@]3(F)[C@@H](O)C[C@]2(C)[C@@]1(O)C(=O)COC(=O)CCC(=O)OCOC(=O)CCC(=O)OCC(=O)[C@@]1(O)CCC2C3CCC4=CC(=O)C=C[C@]4(C)C3[C@@H](O)C[C@@]21C. The van der Waals surface area contributed by atoms with Gasteiger partial charge in [0.1, 0.15) is 11.2 Å². The van der Waals surface area contributed by atoms with Crippen LogP contribution in [0.2, 0.25) is 0 Å². The standard InChI is InChI=1S/C52H65FO16/c1-28-20-36-35-9-7-30-22-32(55)15-18-47(30,3)51(35,53)38(57)24-49(36,5)52(28,65)40(59)26-67-42(61)11-13-44(63)69-27-68-43(62)12-10-41(60)66-25-39(58)50(64)19-16-34-33-8-6-29-21-31(54)14-17-46(29,2)45(33)37(56)23-48(34,50)4/h14-15,17-18,21-22,28,33-38,45,56-57,64-65H,6-13,16,19-20,23-27H2,1-5H3/t28-,33?,34?,35?,36?,37+,38+,45?,46+,47+,48+,49+,50+,51+,52+/m1/s1. The number of carbonyl (C=O) groups is 8. The molecule has 8 rings (SSSR count). The third kappa shape index (κ3) is 7.83. The number of halogens is 1. The van der Waals surface area contributed by atoms with Crippen molar-refractivity contribution in [3.05, 3.63) is 47.6 Å². The van der Waals surface area contributed by atoms with Gasteiger partial charge in [-0.1, -0.05) is 51.0 Å². The molecule has 0 heterocycles. The molecule has 0 aromatic heterocycles. The Morgan fingerprint density at radius 1 is 0.681 bits per heavy atom. The molecule has 0 radical (unpaired) electrons. The second kappa shape index (κ2) is 17.9. The lowest BCUT2D eigenvalue weighted by Crippen LogP contribution is -2.69. The summed E-state index contributed by atoms with van der Waals surface area (Å²) in [7, 11) is 0. The van der Waals surface area contributed by atoms with Crippen LogP contribution in [0.4, 0.5) is 4.39 Å². The molecule has 6 fully saturated rings. The third-order valence-corrected chi connectivity index (χ3v) is 19.0. The first kappa shape index (κ1) is 50.7. The number of hydrogen-bond donors (Lipinski definition) is 4. The van der Waals surface area contributed by atoms with E-state index in [1.54, 1.807) is 33.8 Å². The fourth-order valence-corrected chi connectivity index (χ4v) is 15.3. The zero-order chi connectivity index (χ0) is 50.3. The summed E-state index contributed by atoms with van der Waals surface area (Å²) in [5, 5.41) is 47.2. The molecule has 376 valence electrons. The minimum atomic E-state index is -2.16. The lowest BCUT2D eigenvalue weighted by Gasteiger charge is -2.62. The summed E-state index contributed by atoms with van der Waals surface area (Å²) in [5.74, 6) is -7.82. The Hall–Kier alpha value is -4.71. The largest absolute Gasteiger partial charge is 0.458 e. The van der Waals surface area contributed by atoms with Crippen molar-refractivity contribution in [2.24, 2.45) is 57.2 Å². The molecular formula is C52H65FO16.